The van der Waals surface area contributed by atoms with Gasteiger partial charge in [0.15, 0.2) is 0 Å². The first-order chi connectivity index (χ1) is 15.0. The zero-order valence-corrected chi connectivity index (χ0v) is 19.2. The SMILES string of the molecule is O=C(c1ccc(S(=O)(=O)NCc2cccs2)cc1)N1CCC(CN2CCOCC2)CC1. The molecular weight excluding hydrogens is 434 g/mol. The molecule has 31 heavy (non-hydrogen) atoms. The van der Waals surface area contributed by atoms with Crippen molar-refractivity contribution in [2.75, 3.05) is 45.9 Å². The number of nitrogens with one attached hydrogen (secondary N) is 1. The molecule has 1 N–H and O–H groups in total. The molecule has 0 atom stereocenters. The van der Waals surface area contributed by atoms with Crippen LogP contribution in [-0.4, -0.2) is 70.1 Å². The molecule has 2 aliphatic rings. The number of hydrogen-bond acceptors (Lipinski definition) is 6. The van der Waals surface area contributed by atoms with Gasteiger partial charge in [-0.25, -0.2) is 13.1 Å². The normalized spacial score (nSPS) is 18.9. The molecule has 1 aromatic carbocycles. The van der Waals surface area contributed by atoms with Crippen LogP contribution in [0, 0.1) is 5.92 Å². The highest BCUT2D eigenvalue weighted by Crippen LogP contribution is 2.21. The summed E-state index contributed by atoms with van der Waals surface area (Å²) in [5.41, 5.74) is 0.531. The maximum atomic E-state index is 12.9. The second-order valence-electron chi connectivity index (χ2n) is 8.08. The van der Waals surface area contributed by atoms with E-state index in [0.29, 0.717) is 11.5 Å². The fourth-order valence-corrected chi connectivity index (χ4v) is 5.83. The number of carbonyl (C=O) groups excluding carboxylic acids is 1. The lowest BCUT2D eigenvalue weighted by atomic mass is 9.95. The Balaban J connectivity index is 1.29. The number of nitrogens with zero attached hydrogens (tertiary/aromatic N) is 2. The summed E-state index contributed by atoms with van der Waals surface area (Å²) in [6, 6.07) is 10.0. The Labute approximate surface area is 188 Å². The maximum absolute atomic E-state index is 12.9. The molecule has 0 unspecified atom stereocenters. The van der Waals surface area contributed by atoms with E-state index in [1.165, 1.54) is 23.5 Å². The van der Waals surface area contributed by atoms with Gasteiger partial charge in [-0.3, -0.25) is 9.69 Å². The molecule has 2 aliphatic heterocycles. The summed E-state index contributed by atoms with van der Waals surface area (Å²) in [5, 5.41) is 1.91. The number of hydrogen-bond donors (Lipinski definition) is 1. The van der Waals surface area contributed by atoms with Crippen molar-refractivity contribution in [2.45, 2.75) is 24.3 Å². The minimum Gasteiger partial charge on any atom is -0.379 e. The van der Waals surface area contributed by atoms with Gasteiger partial charge < -0.3 is 9.64 Å². The van der Waals surface area contributed by atoms with Crippen molar-refractivity contribution in [3.8, 4) is 0 Å². The number of morpholine rings is 1. The van der Waals surface area contributed by atoms with Crippen molar-refractivity contribution in [2.24, 2.45) is 5.92 Å². The third-order valence-corrected chi connectivity index (χ3v) is 8.24. The van der Waals surface area contributed by atoms with E-state index in [1.54, 1.807) is 12.1 Å². The third kappa shape index (κ3) is 5.93. The van der Waals surface area contributed by atoms with Crippen LogP contribution in [0.15, 0.2) is 46.7 Å². The zero-order chi connectivity index (χ0) is 21.7. The van der Waals surface area contributed by atoms with Crippen LogP contribution in [0.3, 0.4) is 0 Å². The van der Waals surface area contributed by atoms with Crippen LogP contribution >= 0.6 is 11.3 Å². The van der Waals surface area contributed by atoms with Gasteiger partial charge in [0.1, 0.15) is 0 Å². The van der Waals surface area contributed by atoms with E-state index in [9.17, 15) is 13.2 Å². The summed E-state index contributed by atoms with van der Waals surface area (Å²) in [7, 11) is -3.61. The van der Waals surface area contributed by atoms with Gasteiger partial charge in [0.25, 0.3) is 5.91 Å². The van der Waals surface area contributed by atoms with E-state index in [0.717, 1.165) is 63.7 Å². The van der Waals surface area contributed by atoms with Crippen LogP contribution in [0.1, 0.15) is 28.1 Å². The predicted octanol–water partition coefficient (Wildman–Crippen LogP) is 2.41. The lowest BCUT2D eigenvalue weighted by Crippen LogP contribution is -2.44. The Hall–Kier alpha value is -1.78. The minimum atomic E-state index is -3.61. The molecule has 0 bridgehead atoms. The molecule has 2 aromatic rings. The summed E-state index contributed by atoms with van der Waals surface area (Å²) in [4.78, 5) is 18.3. The van der Waals surface area contributed by atoms with Crippen molar-refractivity contribution in [3.63, 3.8) is 0 Å². The van der Waals surface area contributed by atoms with Crippen molar-refractivity contribution in [1.82, 2.24) is 14.5 Å². The van der Waals surface area contributed by atoms with Gasteiger partial charge >= 0.3 is 0 Å². The molecule has 0 spiro atoms. The Kier molecular flexibility index (Phi) is 7.39. The van der Waals surface area contributed by atoms with Crippen molar-refractivity contribution < 1.29 is 17.9 Å². The summed E-state index contributed by atoms with van der Waals surface area (Å²) in [6.45, 7) is 6.45. The van der Waals surface area contributed by atoms with E-state index < -0.39 is 10.0 Å². The molecule has 7 nitrogen and oxygen atoms in total. The highest BCUT2D eigenvalue weighted by atomic mass is 32.2. The maximum Gasteiger partial charge on any atom is 0.253 e. The molecule has 9 heteroatoms. The smallest absolute Gasteiger partial charge is 0.253 e. The van der Waals surface area contributed by atoms with Crippen LogP contribution in [0.4, 0.5) is 0 Å². The number of amides is 1. The molecule has 0 aliphatic carbocycles. The van der Waals surface area contributed by atoms with Crippen molar-refractivity contribution in [3.05, 3.63) is 52.2 Å². The molecule has 2 saturated heterocycles. The largest absolute Gasteiger partial charge is 0.379 e. The number of thiophene rings is 1. The van der Waals surface area contributed by atoms with E-state index >= 15 is 0 Å². The Morgan fingerprint density at radius 1 is 1.06 bits per heavy atom. The molecule has 1 amide bonds. The van der Waals surface area contributed by atoms with Gasteiger partial charge in [-0.2, -0.15) is 0 Å². The Morgan fingerprint density at radius 2 is 1.77 bits per heavy atom. The number of likely N-dealkylation sites (tertiary alicyclic amines) is 1. The quantitative estimate of drug-likeness (QED) is 0.682. The van der Waals surface area contributed by atoms with Crippen molar-refractivity contribution >= 4 is 27.3 Å². The fourth-order valence-electron chi connectivity index (χ4n) is 4.09. The van der Waals surface area contributed by atoms with Gasteiger partial charge in [-0.15, -0.1) is 11.3 Å². The van der Waals surface area contributed by atoms with Crippen molar-refractivity contribution in [1.29, 1.82) is 0 Å². The number of ether oxygens (including phenoxy) is 1. The standard InChI is InChI=1S/C22H29N3O4S2/c26-22(25-9-7-18(8-10-25)17-24-11-13-29-14-12-24)19-3-5-21(6-4-19)31(27,28)23-16-20-2-1-15-30-20/h1-6,15,18,23H,7-14,16-17H2. The molecular formula is C22H29N3O4S2. The average Bonchev–Trinajstić information content (AvgIpc) is 3.33. The van der Waals surface area contributed by atoms with E-state index in [1.807, 2.05) is 22.4 Å². The zero-order valence-electron chi connectivity index (χ0n) is 17.5. The van der Waals surface area contributed by atoms with Gasteiger partial charge in [-0.1, -0.05) is 6.07 Å². The summed E-state index contributed by atoms with van der Waals surface area (Å²) in [6.07, 6.45) is 2.00. The van der Waals surface area contributed by atoms with Gasteiger partial charge in [-0.05, 0) is 54.5 Å². The lowest BCUT2D eigenvalue weighted by Gasteiger charge is -2.36. The summed E-state index contributed by atoms with van der Waals surface area (Å²) in [5.74, 6) is 0.587. The molecule has 0 saturated carbocycles. The monoisotopic (exact) mass is 463 g/mol. The summed E-state index contributed by atoms with van der Waals surface area (Å²) < 4.78 is 33.0. The second kappa shape index (κ2) is 10.2. The molecule has 168 valence electrons. The molecule has 4 rings (SSSR count). The first-order valence-electron chi connectivity index (χ1n) is 10.7. The van der Waals surface area contributed by atoms with Gasteiger partial charge in [0, 0.05) is 49.7 Å². The number of carbonyl (C=O) groups is 1. The fraction of sp³-hybridized carbons (Fsp3) is 0.500. The average molecular weight is 464 g/mol. The molecule has 1 aromatic heterocycles. The lowest BCUT2D eigenvalue weighted by molar-refractivity contribution is 0.0243. The van der Waals surface area contributed by atoms with E-state index in [4.69, 9.17) is 4.74 Å². The highest BCUT2D eigenvalue weighted by molar-refractivity contribution is 7.89. The third-order valence-electron chi connectivity index (χ3n) is 5.95. The number of rotatable bonds is 7. The highest BCUT2D eigenvalue weighted by Gasteiger charge is 2.26. The first kappa shape index (κ1) is 22.4. The van der Waals surface area contributed by atoms with E-state index in [2.05, 4.69) is 9.62 Å². The number of piperidine rings is 1. The predicted molar refractivity (Wildman–Crippen MR) is 121 cm³/mol. The minimum absolute atomic E-state index is 0.0275. The van der Waals surface area contributed by atoms with E-state index in [-0.39, 0.29) is 17.3 Å². The molecule has 2 fully saturated rings. The summed E-state index contributed by atoms with van der Waals surface area (Å²) >= 11 is 1.51. The van der Waals surface area contributed by atoms with Gasteiger partial charge in [0.2, 0.25) is 10.0 Å². The van der Waals surface area contributed by atoms with Crippen LogP contribution in [-0.2, 0) is 21.3 Å². The molecule has 0 radical (unpaired) electrons. The van der Waals surface area contributed by atoms with Gasteiger partial charge in [0.05, 0.1) is 18.1 Å². The second-order valence-corrected chi connectivity index (χ2v) is 10.9. The molecule has 3 heterocycles. The number of benzene rings is 1. The van der Waals surface area contributed by atoms with Crippen LogP contribution in [0.2, 0.25) is 0 Å². The number of sulfonamides is 1. The van der Waals surface area contributed by atoms with Crippen LogP contribution < -0.4 is 4.72 Å². The van der Waals surface area contributed by atoms with Crippen LogP contribution in [0.25, 0.3) is 0 Å². The Bertz CT molecular complexity index is 947. The van der Waals surface area contributed by atoms with Crippen LogP contribution in [0.5, 0.6) is 0 Å². The first-order valence-corrected chi connectivity index (χ1v) is 13.1. The topological polar surface area (TPSA) is 79.0 Å². The Morgan fingerprint density at radius 3 is 2.42 bits per heavy atom.